The molecule has 0 fully saturated rings. The Hall–Kier alpha value is -1.67. The average molecular weight is 257 g/mol. The molecule has 0 aromatic heterocycles. The van der Waals surface area contributed by atoms with Gasteiger partial charge in [0.15, 0.2) is 0 Å². The lowest BCUT2D eigenvalue weighted by Gasteiger charge is -2.09. The fraction of sp³-hybridized carbons (Fsp3) is 0.294. The summed E-state index contributed by atoms with van der Waals surface area (Å²) in [5.41, 5.74) is 9.16. The molecule has 1 nitrogen and oxygen atoms in total. The Morgan fingerprint density at radius 1 is 1.05 bits per heavy atom. The molecule has 0 aliphatic rings. The van der Waals surface area contributed by atoms with Crippen molar-refractivity contribution in [1.29, 1.82) is 0 Å². The Morgan fingerprint density at radius 2 is 1.84 bits per heavy atom. The zero-order chi connectivity index (χ0) is 13.8. The molecule has 0 saturated heterocycles. The van der Waals surface area contributed by atoms with Crippen LogP contribution in [0.25, 0.3) is 11.1 Å². The smallest absolute Gasteiger partial charge is 0.131 e. The molecule has 2 aromatic rings. The lowest BCUT2D eigenvalue weighted by atomic mass is 9.97. The molecule has 2 heteroatoms. The largest absolute Gasteiger partial charge is 0.326 e. The van der Waals surface area contributed by atoms with E-state index in [-0.39, 0.29) is 5.82 Å². The van der Waals surface area contributed by atoms with Crippen molar-refractivity contribution in [1.82, 2.24) is 0 Å². The molecule has 2 N–H and O–H groups in total. The van der Waals surface area contributed by atoms with E-state index in [0.29, 0.717) is 18.0 Å². The summed E-state index contributed by atoms with van der Waals surface area (Å²) < 4.78 is 14.1. The highest BCUT2D eigenvalue weighted by Crippen LogP contribution is 2.25. The third-order valence-electron chi connectivity index (χ3n) is 3.15. The predicted molar refractivity (Wildman–Crippen MR) is 78.3 cm³/mol. The molecule has 0 aliphatic carbocycles. The Labute approximate surface area is 114 Å². The SMILES string of the molecule is CC(C)Cc1cccc(-c2ccc(CN)cc2F)c1. The molecule has 2 aromatic carbocycles. The van der Waals surface area contributed by atoms with Crippen LogP contribution < -0.4 is 5.73 Å². The molecule has 0 aliphatic heterocycles. The molecule has 0 unspecified atom stereocenters. The summed E-state index contributed by atoms with van der Waals surface area (Å²) in [6.45, 7) is 4.73. The summed E-state index contributed by atoms with van der Waals surface area (Å²) >= 11 is 0. The van der Waals surface area contributed by atoms with Crippen molar-refractivity contribution in [2.24, 2.45) is 11.7 Å². The number of nitrogens with two attached hydrogens (primary N) is 1. The topological polar surface area (TPSA) is 26.0 Å². The minimum Gasteiger partial charge on any atom is -0.326 e. The lowest BCUT2D eigenvalue weighted by molar-refractivity contribution is 0.628. The second-order valence-electron chi connectivity index (χ2n) is 5.32. The van der Waals surface area contributed by atoms with Crippen LogP contribution in [0.1, 0.15) is 25.0 Å². The van der Waals surface area contributed by atoms with Crippen molar-refractivity contribution in [3.63, 3.8) is 0 Å². The van der Waals surface area contributed by atoms with Crippen LogP contribution in [0.4, 0.5) is 4.39 Å². The molecule has 0 radical (unpaired) electrons. The van der Waals surface area contributed by atoms with Gasteiger partial charge in [0.25, 0.3) is 0 Å². The van der Waals surface area contributed by atoms with E-state index in [1.807, 2.05) is 24.3 Å². The zero-order valence-electron chi connectivity index (χ0n) is 11.5. The first-order valence-corrected chi connectivity index (χ1v) is 6.68. The monoisotopic (exact) mass is 257 g/mol. The summed E-state index contributed by atoms with van der Waals surface area (Å²) in [5, 5.41) is 0. The second kappa shape index (κ2) is 5.98. The molecule has 2 rings (SSSR count). The van der Waals surface area contributed by atoms with Crippen LogP contribution in [0.2, 0.25) is 0 Å². The fourth-order valence-electron chi connectivity index (χ4n) is 2.26. The quantitative estimate of drug-likeness (QED) is 0.874. The van der Waals surface area contributed by atoms with Crippen LogP contribution in [0.3, 0.4) is 0 Å². The summed E-state index contributed by atoms with van der Waals surface area (Å²) in [5.74, 6) is 0.393. The van der Waals surface area contributed by atoms with Gasteiger partial charge >= 0.3 is 0 Å². The van der Waals surface area contributed by atoms with Gasteiger partial charge in [-0.05, 0) is 35.1 Å². The van der Waals surface area contributed by atoms with Crippen LogP contribution in [0.5, 0.6) is 0 Å². The van der Waals surface area contributed by atoms with Gasteiger partial charge < -0.3 is 5.73 Å². The number of halogens is 1. The van der Waals surface area contributed by atoms with Crippen molar-refractivity contribution >= 4 is 0 Å². The molecule has 19 heavy (non-hydrogen) atoms. The van der Waals surface area contributed by atoms with Gasteiger partial charge in [-0.25, -0.2) is 4.39 Å². The predicted octanol–water partition coefficient (Wildman–Crippen LogP) is 4.15. The summed E-state index contributed by atoms with van der Waals surface area (Å²) in [6.07, 6.45) is 1.01. The van der Waals surface area contributed by atoms with Gasteiger partial charge in [-0.15, -0.1) is 0 Å². The van der Waals surface area contributed by atoms with E-state index in [1.165, 1.54) is 11.6 Å². The molecule has 100 valence electrons. The van der Waals surface area contributed by atoms with E-state index < -0.39 is 0 Å². The molecular weight excluding hydrogens is 237 g/mol. The maximum Gasteiger partial charge on any atom is 0.131 e. The lowest BCUT2D eigenvalue weighted by Crippen LogP contribution is -1.98. The van der Waals surface area contributed by atoms with Crippen LogP contribution in [-0.4, -0.2) is 0 Å². The van der Waals surface area contributed by atoms with Crippen molar-refractivity contribution in [2.45, 2.75) is 26.8 Å². The van der Waals surface area contributed by atoms with E-state index >= 15 is 0 Å². The normalized spacial score (nSPS) is 11.0. The van der Waals surface area contributed by atoms with Crippen LogP contribution in [-0.2, 0) is 13.0 Å². The highest BCUT2D eigenvalue weighted by molar-refractivity contribution is 5.65. The summed E-state index contributed by atoms with van der Waals surface area (Å²) in [4.78, 5) is 0. The van der Waals surface area contributed by atoms with Crippen LogP contribution >= 0.6 is 0 Å². The third-order valence-corrected chi connectivity index (χ3v) is 3.15. The van der Waals surface area contributed by atoms with Gasteiger partial charge in [-0.2, -0.15) is 0 Å². The van der Waals surface area contributed by atoms with Gasteiger partial charge in [0.1, 0.15) is 5.82 Å². The molecule has 0 heterocycles. The van der Waals surface area contributed by atoms with Crippen molar-refractivity contribution in [3.05, 3.63) is 59.4 Å². The van der Waals surface area contributed by atoms with E-state index in [4.69, 9.17) is 5.73 Å². The molecule has 0 amide bonds. The van der Waals surface area contributed by atoms with Gasteiger partial charge in [0.2, 0.25) is 0 Å². The van der Waals surface area contributed by atoms with Crippen molar-refractivity contribution in [3.8, 4) is 11.1 Å². The molecule has 0 saturated carbocycles. The van der Waals surface area contributed by atoms with Gasteiger partial charge in [-0.1, -0.05) is 50.2 Å². The van der Waals surface area contributed by atoms with Gasteiger partial charge in [0.05, 0.1) is 0 Å². The third kappa shape index (κ3) is 3.42. The van der Waals surface area contributed by atoms with E-state index in [2.05, 4.69) is 26.0 Å². The molecular formula is C17H20FN. The Balaban J connectivity index is 2.36. The molecule has 0 spiro atoms. The standard InChI is InChI=1S/C17H20FN/c1-12(2)8-13-4-3-5-15(9-13)16-7-6-14(11-19)10-17(16)18/h3-7,9-10,12H,8,11,19H2,1-2H3. The minimum absolute atomic E-state index is 0.204. The van der Waals surface area contributed by atoms with Crippen LogP contribution in [0.15, 0.2) is 42.5 Å². The Kier molecular flexibility index (Phi) is 4.33. The number of rotatable bonds is 4. The zero-order valence-corrected chi connectivity index (χ0v) is 11.5. The fourth-order valence-corrected chi connectivity index (χ4v) is 2.26. The number of benzene rings is 2. The highest BCUT2D eigenvalue weighted by atomic mass is 19.1. The van der Waals surface area contributed by atoms with E-state index in [1.54, 1.807) is 0 Å². The molecule has 0 atom stereocenters. The first-order chi connectivity index (χ1) is 9.10. The van der Waals surface area contributed by atoms with Crippen molar-refractivity contribution < 1.29 is 4.39 Å². The highest BCUT2D eigenvalue weighted by Gasteiger charge is 2.07. The Morgan fingerprint density at radius 3 is 2.47 bits per heavy atom. The first kappa shape index (κ1) is 13.8. The summed E-state index contributed by atoms with van der Waals surface area (Å²) in [7, 11) is 0. The Bertz CT molecular complexity index is 561. The summed E-state index contributed by atoms with van der Waals surface area (Å²) in [6, 6.07) is 13.3. The second-order valence-corrected chi connectivity index (χ2v) is 5.32. The van der Waals surface area contributed by atoms with Gasteiger partial charge in [0, 0.05) is 12.1 Å². The van der Waals surface area contributed by atoms with E-state index in [0.717, 1.165) is 17.5 Å². The maximum atomic E-state index is 14.1. The van der Waals surface area contributed by atoms with Crippen molar-refractivity contribution in [2.75, 3.05) is 0 Å². The van der Waals surface area contributed by atoms with Gasteiger partial charge in [-0.3, -0.25) is 0 Å². The minimum atomic E-state index is -0.204. The number of hydrogen-bond donors (Lipinski definition) is 1. The average Bonchev–Trinajstić information content (AvgIpc) is 2.38. The number of hydrogen-bond acceptors (Lipinski definition) is 1. The van der Waals surface area contributed by atoms with Crippen LogP contribution in [0, 0.1) is 11.7 Å². The van der Waals surface area contributed by atoms with E-state index in [9.17, 15) is 4.39 Å². The first-order valence-electron chi connectivity index (χ1n) is 6.68. The maximum absolute atomic E-state index is 14.1. The molecule has 0 bridgehead atoms.